The Morgan fingerprint density at radius 2 is 2.12 bits per heavy atom. The molecule has 0 saturated heterocycles. The molecule has 0 aliphatic rings. The van der Waals surface area contributed by atoms with E-state index in [4.69, 9.17) is 4.74 Å². The number of rotatable bonds is 4. The number of carbonyl (C=O) groups is 1. The summed E-state index contributed by atoms with van der Waals surface area (Å²) in [6.45, 7) is 5.89. The topological polar surface area (TPSA) is 26.3 Å². The number of ether oxygens (including phenoxy) is 1. The molecular weight excluding hydrogens is 207 g/mol. The number of hydrogen-bond acceptors (Lipinski definition) is 2. The predicted molar refractivity (Wildman–Crippen MR) is 61.0 cm³/mol. The second-order valence-corrected chi connectivity index (χ2v) is 4.07. The van der Waals surface area contributed by atoms with Gasteiger partial charge in [-0.1, -0.05) is 26.8 Å². The van der Waals surface area contributed by atoms with Gasteiger partial charge in [-0.15, -0.1) is 0 Å². The zero-order valence-corrected chi connectivity index (χ0v) is 9.92. The zero-order valence-electron chi connectivity index (χ0n) is 9.92. The van der Waals surface area contributed by atoms with E-state index in [0.29, 0.717) is 12.8 Å². The maximum atomic E-state index is 13.4. The molecule has 0 aromatic heterocycles. The maximum absolute atomic E-state index is 13.4. The Bertz CT molecular complexity index is 372. The normalized spacial score (nSPS) is 10.6. The van der Waals surface area contributed by atoms with Crippen LogP contribution in [0.2, 0.25) is 0 Å². The summed E-state index contributed by atoms with van der Waals surface area (Å²) in [6, 6.07) is 4.63. The Balaban J connectivity index is 2.86. The van der Waals surface area contributed by atoms with Crippen LogP contribution in [0, 0.1) is 5.82 Å². The molecule has 1 rings (SSSR count). The summed E-state index contributed by atoms with van der Waals surface area (Å²) >= 11 is 0. The maximum Gasteiger partial charge on any atom is 0.311 e. The molecule has 16 heavy (non-hydrogen) atoms. The lowest BCUT2D eigenvalue weighted by Gasteiger charge is -2.09. The van der Waals surface area contributed by atoms with Crippen LogP contribution in [0.5, 0.6) is 5.75 Å². The molecule has 3 heteroatoms. The number of halogens is 1. The van der Waals surface area contributed by atoms with Gasteiger partial charge in [0, 0.05) is 6.42 Å². The van der Waals surface area contributed by atoms with E-state index in [1.54, 1.807) is 12.1 Å². The fourth-order valence-electron chi connectivity index (χ4n) is 1.34. The first kappa shape index (κ1) is 12.7. The van der Waals surface area contributed by atoms with Crippen LogP contribution < -0.4 is 4.74 Å². The summed E-state index contributed by atoms with van der Waals surface area (Å²) in [6.07, 6.45) is 1.01. The van der Waals surface area contributed by atoms with E-state index in [1.807, 2.05) is 20.8 Å². The molecule has 0 unspecified atom stereocenters. The van der Waals surface area contributed by atoms with Gasteiger partial charge >= 0.3 is 5.97 Å². The van der Waals surface area contributed by atoms with Crippen LogP contribution in [0.25, 0.3) is 0 Å². The summed E-state index contributed by atoms with van der Waals surface area (Å²) in [7, 11) is 0. The number of carbonyl (C=O) groups excluding carboxylic acids is 1. The number of benzene rings is 1. The first-order valence-electron chi connectivity index (χ1n) is 5.54. The quantitative estimate of drug-likeness (QED) is 0.576. The van der Waals surface area contributed by atoms with Crippen LogP contribution >= 0.6 is 0 Å². The lowest BCUT2D eigenvalue weighted by atomic mass is 10.0. The fourth-order valence-corrected chi connectivity index (χ4v) is 1.34. The summed E-state index contributed by atoms with van der Waals surface area (Å²) in [5.74, 6) is -0.565. The average molecular weight is 224 g/mol. The van der Waals surface area contributed by atoms with Gasteiger partial charge in [-0.05, 0) is 30.0 Å². The van der Waals surface area contributed by atoms with Crippen molar-refractivity contribution in [3.05, 3.63) is 29.6 Å². The van der Waals surface area contributed by atoms with Crippen LogP contribution in [0.15, 0.2) is 18.2 Å². The van der Waals surface area contributed by atoms with Crippen LogP contribution in [0.1, 0.15) is 45.1 Å². The standard InChI is InChI=1S/C13H17FO2/c1-4-5-13(15)16-12-8-10(9(2)3)6-7-11(12)14/h6-9H,4-5H2,1-3H3. The van der Waals surface area contributed by atoms with Crippen LogP contribution in [-0.4, -0.2) is 5.97 Å². The van der Waals surface area contributed by atoms with Crippen molar-refractivity contribution in [2.45, 2.75) is 39.5 Å². The molecule has 1 aromatic rings. The molecule has 0 aliphatic heterocycles. The smallest absolute Gasteiger partial charge is 0.311 e. The van der Waals surface area contributed by atoms with E-state index >= 15 is 0 Å². The van der Waals surface area contributed by atoms with Gasteiger partial charge in [-0.2, -0.15) is 0 Å². The molecule has 0 radical (unpaired) electrons. The Labute approximate surface area is 95.4 Å². The molecule has 0 aliphatic carbocycles. The Kier molecular flexibility index (Phi) is 4.47. The van der Waals surface area contributed by atoms with Crippen LogP contribution in [0.4, 0.5) is 4.39 Å². The van der Waals surface area contributed by atoms with Gasteiger partial charge in [0.1, 0.15) is 0 Å². The third-order valence-corrected chi connectivity index (χ3v) is 2.30. The highest BCUT2D eigenvalue weighted by Crippen LogP contribution is 2.24. The molecule has 0 N–H and O–H groups in total. The van der Waals surface area contributed by atoms with Gasteiger partial charge in [0.25, 0.3) is 0 Å². The molecule has 0 spiro atoms. The largest absolute Gasteiger partial charge is 0.423 e. The van der Waals surface area contributed by atoms with Crippen molar-refractivity contribution in [3.8, 4) is 5.75 Å². The first-order chi connectivity index (χ1) is 7.54. The molecule has 2 nitrogen and oxygen atoms in total. The van der Waals surface area contributed by atoms with Crippen molar-refractivity contribution in [2.75, 3.05) is 0 Å². The molecule has 0 atom stereocenters. The molecule has 0 heterocycles. The monoisotopic (exact) mass is 224 g/mol. The molecule has 0 amide bonds. The lowest BCUT2D eigenvalue weighted by Crippen LogP contribution is -2.08. The fraction of sp³-hybridized carbons (Fsp3) is 0.462. The van der Waals surface area contributed by atoms with Crippen molar-refractivity contribution >= 4 is 5.97 Å². The molecular formula is C13H17FO2. The van der Waals surface area contributed by atoms with E-state index in [0.717, 1.165) is 5.56 Å². The van der Waals surface area contributed by atoms with Gasteiger partial charge in [0.05, 0.1) is 0 Å². The van der Waals surface area contributed by atoms with Gasteiger partial charge in [-0.25, -0.2) is 4.39 Å². The lowest BCUT2D eigenvalue weighted by molar-refractivity contribution is -0.134. The van der Waals surface area contributed by atoms with E-state index in [9.17, 15) is 9.18 Å². The minimum atomic E-state index is -0.492. The Hall–Kier alpha value is -1.38. The average Bonchev–Trinajstić information content (AvgIpc) is 2.21. The SMILES string of the molecule is CCCC(=O)Oc1cc(C(C)C)ccc1F. The van der Waals surface area contributed by atoms with Crippen LogP contribution in [0.3, 0.4) is 0 Å². The summed E-state index contributed by atoms with van der Waals surface area (Å²) in [4.78, 5) is 11.3. The molecule has 0 fully saturated rings. The van der Waals surface area contributed by atoms with Gasteiger partial charge in [0.15, 0.2) is 11.6 Å². The van der Waals surface area contributed by atoms with Crippen molar-refractivity contribution in [2.24, 2.45) is 0 Å². The summed E-state index contributed by atoms with van der Waals surface area (Å²) < 4.78 is 18.3. The second kappa shape index (κ2) is 5.64. The molecule has 0 bridgehead atoms. The van der Waals surface area contributed by atoms with Crippen molar-refractivity contribution < 1.29 is 13.9 Å². The van der Waals surface area contributed by atoms with Crippen molar-refractivity contribution in [1.82, 2.24) is 0 Å². The summed E-state index contributed by atoms with van der Waals surface area (Å²) in [5, 5.41) is 0. The zero-order chi connectivity index (χ0) is 12.1. The third-order valence-electron chi connectivity index (χ3n) is 2.30. The van der Waals surface area contributed by atoms with E-state index in [2.05, 4.69) is 0 Å². The highest BCUT2D eigenvalue weighted by atomic mass is 19.1. The second-order valence-electron chi connectivity index (χ2n) is 4.07. The first-order valence-corrected chi connectivity index (χ1v) is 5.54. The predicted octanol–water partition coefficient (Wildman–Crippen LogP) is 3.65. The third kappa shape index (κ3) is 3.33. The molecule has 0 saturated carbocycles. The van der Waals surface area contributed by atoms with E-state index in [1.165, 1.54) is 6.07 Å². The Morgan fingerprint density at radius 1 is 1.44 bits per heavy atom. The highest BCUT2D eigenvalue weighted by Gasteiger charge is 2.10. The van der Waals surface area contributed by atoms with Gasteiger partial charge in [0.2, 0.25) is 0 Å². The van der Waals surface area contributed by atoms with Crippen molar-refractivity contribution in [1.29, 1.82) is 0 Å². The highest BCUT2D eigenvalue weighted by molar-refractivity contribution is 5.72. The molecule has 1 aromatic carbocycles. The minimum absolute atomic E-state index is 0.0321. The van der Waals surface area contributed by atoms with Crippen molar-refractivity contribution in [3.63, 3.8) is 0 Å². The Morgan fingerprint density at radius 3 is 2.69 bits per heavy atom. The van der Waals surface area contributed by atoms with Gasteiger partial charge in [-0.3, -0.25) is 4.79 Å². The minimum Gasteiger partial charge on any atom is -0.423 e. The van der Waals surface area contributed by atoms with E-state index < -0.39 is 5.82 Å². The van der Waals surface area contributed by atoms with Gasteiger partial charge < -0.3 is 4.74 Å². The number of esters is 1. The van der Waals surface area contributed by atoms with Crippen LogP contribution in [-0.2, 0) is 4.79 Å². The number of hydrogen-bond donors (Lipinski definition) is 0. The summed E-state index contributed by atoms with van der Waals surface area (Å²) in [5.41, 5.74) is 0.959. The molecule has 88 valence electrons. The van der Waals surface area contributed by atoms with E-state index in [-0.39, 0.29) is 17.6 Å².